The minimum atomic E-state index is 0.559. The minimum absolute atomic E-state index is 0.559. The van der Waals surface area contributed by atoms with Gasteiger partial charge in [0.1, 0.15) is 0 Å². The summed E-state index contributed by atoms with van der Waals surface area (Å²) in [4.78, 5) is 0. The monoisotopic (exact) mass is 198 g/mol. The van der Waals surface area contributed by atoms with Gasteiger partial charge in [-0.05, 0) is 24.1 Å². The Hall–Kier alpha value is -0.340. The largest absolute Gasteiger partial charge is 0.326 e. The van der Waals surface area contributed by atoms with E-state index in [0.29, 0.717) is 6.54 Å². The van der Waals surface area contributed by atoms with Gasteiger partial charge in [0.2, 0.25) is 0 Å². The van der Waals surface area contributed by atoms with Crippen molar-refractivity contribution in [3.63, 3.8) is 0 Å². The molecule has 1 radical (unpaired) electrons. The molecule has 10 heavy (non-hydrogen) atoms. The summed E-state index contributed by atoms with van der Waals surface area (Å²) in [6.07, 6.45) is 0. The smallest absolute Gasteiger partial charge is 0.0220 e. The van der Waals surface area contributed by atoms with Crippen molar-refractivity contribution in [2.24, 2.45) is 5.73 Å². The fourth-order valence-electron chi connectivity index (χ4n) is 0.785. The van der Waals surface area contributed by atoms with Crippen LogP contribution in [-0.2, 0) is 6.54 Å². The van der Waals surface area contributed by atoms with E-state index in [1.54, 1.807) is 0 Å². The third kappa shape index (κ3) is 1.58. The van der Waals surface area contributed by atoms with E-state index in [-0.39, 0.29) is 0 Å². The molecule has 0 saturated carbocycles. The number of halogens is 1. The summed E-state index contributed by atoms with van der Waals surface area (Å²) in [5, 5.41) is 0. The lowest BCUT2D eigenvalue weighted by molar-refractivity contribution is 1.06. The molecule has 1 rings (SSSR count). The predicted octanol–water partition coefficient (Wildman–Crippen LogP) is 2.09. The van der Waals surface area contributed by atoms with E-state index in [1.165, 1.54) is 0 Å². The fourth-order valence-corrected chi connectivity index (χ4v) is 1.19. The van der Waals surface area contributed by atoms with Crippen molar-refractivity contribution in [2.75, 3.05) is 0 Å². The lowest BCUT2D eigenvalue weighted by Gasteiger charge is -2.00. The van der Waals surface area contributed by atoms with Gasteiger partial charge in [-0.15, -0.1) is 0 Å². The molecule has 0 aromatic heterocycles. The Bertz CT molecular complexity index is 233. The molecule has 0 atom stereocenters. The van der Waals surface area contributed by atoms with Crippen LogP contribution >= 0.6 is 15.9 Å². The zero-order chi connectivity index (χ0) is 7.56. The maximum Gasteiger partial charge on any atom is 0.0220 e. The van der Waals surface area contributed by atoms with Crippen molar-refractivity contribution < 1.29 is 0 Å². The van der Waals surface area contributed by atoms with Crippen molar-refractivity contribution in [3.8, 4) is 0 Å². The Morgan fingerprint density at radius 1 is 1.50 bits per heavy atom. The van der Waals surface area contributed by atoms with Gasteiger partial charge >= 0.3 is 0 Å². The highest BCUT2D eigenvalue weighted by Crippen LogP contribution is 2.16. The molecule has 0 saturated heterocycles. The van der Waals surface area contributed by atoms with Crippen molar-refractivity contribution >= 4 is 15.9 Å². The van der Waals surface area contributed by atoms with Gasteiger partial charge in [0, 0.05) is 11.0 Å². The fraction of sp³-hybridized carbons (Fsp3) is 0.125. The van der Waals surface area contributed by atoms with Crippen LogP contribution in [0.1, 0.15) is 11.1 Å². The average Bonchev–Trinajstić information content (AvgIpc) is 1.94. The SMILES string of the molecule is [CH2]c1ccc(Br)c(CN)c1. The average molecular weight is 199 g/mol. The van der Waals surface area contributed by atoms with Gasteiger partial charge in [-0.25, -0.2) is 0 Å². The van der Waals surface area contributed by atoms with Crippen LogP contribution in [0.3, 0.4) is 0 Å². The van der Waals surface area contributed by atoms with E-state index in [4.69, 9.17) is 5.73 Å². The molecule has 2 N–H and O–H groups in total. The predicted molar refractivity (Wildman–Crippen MR) is 46.5 cm³/mol. The van der Waals surface area contributed by atoms with Crippen molar-refractivity contribution in [3.05, 3.63) is 40.7 Å². The summed E-state index contributed by atoms with van der Waals surface area (Å²) in [5.74, 6) is 0. The van der Waals surface area contributed by atoms with Crippen LogP contribution < -0.4 is 5.73 Å². The van der Waals surface area contributed by atoms with E-state index in [2.05, 4.69) is 22.9 Å². The zero-order valence-electron chi connectivity index (χ0n) is 5.60. The van der Waals surface area contributed by atoms with E-state index in [1.807, 2.05) is 18.2 Å². The highest BCUT2D eigenvalue weighted by molar-refractivity contribution is 9.10. The molecular weight excluding hydrogens is 190 g/mol. The number of nitrogens with two attached hydrogens (primary N) is 1. The summed E-state index contributed by atoms with van der Waals surface area (Å²) in [5.41, 5.74) is 7.57. The second kappa shape index (κ2) is 3.17. The number of hydrogen-bond acceptors (Lipinski definition) is 1. The summed E-state index contributed by atoms with van der Waals surface area (Å²) in [6, 6.07) is 5.89. The first-order chi connectivity index (χ1) is 4.74. The first kappa shape index (κ1) is 7.76. The van der Waals surface area contributed by atoms with Crippen LogP contribution in [0.2, 0.25) is 0 Å². The zero-order valence-corrected chi connectivity index (χ0v) is 7.19. The van der Waals surface area contributed by atoms with E-state index >= 15 is 0 Å². The molecule has 1 nitrogen and oxygen atoms in total. The van der Waals surface area contributed by atoms with Crippen LogP contribution in [0.5, 0.6) is 0 Å². The van der Waals surface area contributed by atoms with Gasteiger partial charge in [0.05, 0.1) is 0 Å². The van der Waals surface area contributed by atoms with Crippen LogP contribution in [0.15, 0.2) is 22.7 Å². The molecule has 0 aliphatic carbocycles. The van der Waals surface area contributed by atoms with Crippen LogP contribution in [-0.4, -0.2) is 0 Å². The quantitative estimate of drug-likeness (QED) is 0.736. The molecule has 1 aromatic rings. The van der Waals surface area contributed by atoms with Crippen molar-refractivity contribution in [2.45, 2.75) is 6.54 Å². The maximum absolute atomic E-state index is 5.46. The lowest BCUT2D eigenvalue weighted by atomic mass is 10.1. The Labute approximate surface area is 69.4 Å². The summed E-state index contributed by atoms with van der Waals surface area (Å²) >= 11 is 3.38. The van der Waals surface area contributed by atoms with E-state index in [9.17, 15) is 0 Å². The number of rotatable bonds is 1. The molecule has 1 aromatic carbocycles. The Morgan fingerprint density at radius 2 is 2.20 bits per heavy atom. The molecule has 0 heterocycles. The second-order valence-corrected chi connectivity index (χ2v) is 2.98. The molecule has 0 aliphatic rings. The molecule has 0 amide bonds. The Morgan fingerprint density at radius 3 is 2.70 bits per heavy atom. The molecule has 0 spiro atoms. The standard InChI is InChI=1S/C8H9BrN/c1-6-2-3-8(9)7(4-6)5-10/h2-4H,1,5,10H2. The third-order valence-electron chi connectivity index (χ3n) is 1.33. The van der Waals surface area contributed by atoms with Gasteiger partial charge in [-0.3, -0.25) is 0 Å². The molecule has 0 unspecified atom stereocenters. The summed E-state index contributed by atoms with van der Waals surface area (Å²) in [6.45, 7) is 4.35. The molecule has 0 fully saturated rings. The summed E-state index contributed by atoms with van der Waals surface area (Å²) in [7, 11) is 0. The lowest BCUT2D eigenvalue weighted by Crippen LogP contribution is -1.97. The molecule has 53 valence electrons. The summed E-state index contributed by atoms with van der Waals surface area (Å²) < 4.78 is 1.06. The first-order valence-corrected chi connectivity index (χ1v) is 3.84. The van der Waals surface area contributed by atoms with Crippen LogP contribution in [0, 0.1) is 6.92 Å². The van der Waals surface area contributed by atoms with Gasteiger partial charge in [0.15, 0.2) is 0 Å². The highest BCUT2D eigenvalue weighted by atomic mass is 79.9. The van der Waals surface area contributed by atoms with E-state index < -0.39 is 0 Å². The minimum Gasteiger partial charge on any atom is -0.326 e. The van der Waals surface area contributed by atoms with Gasteiger partial charge in [-0.1, -0.05) is 28.1 Å². The van der Waals surface area contributed by atoms with Crippen molar-refractivity contribution in [1.29, 1.82) is 0 Å². The van der Waals surface area contributed by atoms with Crippen LogP contribution in [0.4, 0.5) is 0 Å². The Kier molecular flexibility index (Phi) is 2.46. The number of benzene rings is 1. The van der Waals surface area contributed by atoms with Gasteiger partial charge in [0.25, 0.3) is 0 Å². The molecular formula is C8H9BrN. The highest BCUT2D eigenvalue weighted by Gasteiger charge is 1.95. The number of hydrogen-bond donors (Lipinski definition) is 1. The topological polar surface area (TPSA) is 26.0 Å². The molecule has 2 heteroatoms. The van der Waals surface area contributed by atoms with Crippen molar-refractivity contribution in [1.82, 2.24) is 0 Å². The van der Waals surface area contributed by atoms with Gasteiger partial charge in [-0.2, -0.15) is 0 Å². The molecule has 0 bridgehead atoms. The normalized spacial score (nSPS) is 9.90. The Balaban J connectivity index is 3.09. The molecule has 0 aliphatic heterocycles. The van der Waals surface area contributed by atoms with Crippen LogP contribution in [0.25, 0.3) is 0 Å². The van der Waals surface area contributed by atoms with E-state index in [0.717, 1.165) is 15.6 Å². The van der Waals surface area contributed by atoms with Gasteiger partial charge < -0.3 is 5.73 Å². The second-order valence-electron chi connectivity index (χ2n) is 2.13. The first-order valence-electron chi connectivity index (χ1n) is 3.04. The maximum atomic E-state index is 5.46. The third-order valence-corrected chi connectivity index (χ3v) is 2.10.